The number of nitrogens with zero attached hydrogens (tertiary/aromatic N) is 5. The standard InChI is InChI=1S/C26H32FN5O3S/c1-19-7-10-26(20-5-3-2-4-6-20)36(34,35)32(19)15-21-8-9-23(13-24(21)27)30-12-11-25(22(14-30)16-33)31-17-28-29-18-31/h2-6,8-9,13,17-19,22,25-26,33H,7,10-12,14-16H2,1H3/t19-,22-,25?,26?/m0/s1. The lowest BCUT2D eigenvalue weighted by atomic mass is 9.92. The molecule has 2 aromatic carbocycles. The molecule has 4 atom stereocenters. The van der Waals surface area contributed by atoms with Gasteiger partial charge in [-0.05, 0) is 43.9 Å². The first-order valence-corrected chi connectivity index (χ1v) is 13.9. The van der Waals surface area contributed by atoms with Gasteiger partial charge in [0.05, 0.1) is 0 Å². The van der Waals surface area contributed by atoms with Crippen LogP contribution in [-0.2, 0) is 16.6 Å². The molecule has 3 heterocycles. The zero-order valence-corrected chi connectivity index (χ0v) is 21.1. The van der Waals surface area contributed by atoms with Gasteiger partial charge in [-0.3, -0.25) is 0 Å². The first-order valence-electron chi connectivity index (χ1n) is 12.4. The Bertz CT molecular complexity index is 1270. The van der Waals surface area contributed by atoms with Crippen LogP contribution in [0.15, 0.2) is 61.2 Å². The minimum Gasteiger partial charge on any atom is -0.396 e. The van der Waals surface area contributed by atoms with Crippen molar-refractivity contribution in [3.63, 3.8) is 0 Å². The van der Waals surface area contributed by atoms with E-state index < -0.39 is 21.1 Å². The van der Waals surface area contributed by atoms with Gasteiger partial charge in [0, 0.05) is 55.5 Å². The SMILES string of the molecule is C[C@H]1CCC(c2ccccc2)S(=O)(=O)N1Cc1ccc(N2CCC(n3cnnc3)[C@H](CO)C2)cc1F. The van der Waals surface area contributed by atoms with E-state index in [1.54, 1.807) is 18.7 Å². The molecule has 3 aromatic rings. The van der Waals surface area contributed by atoms with E-state index in [1.807, 2.05) is 47.9 Å². The molecule has 2 saturated heterocycles. The number of aliphatic hydroxyl groups excluding tert-OH is 1. The largest absolute Gasteiger partial charge is 0.396 e. The Balaban J connectivity index is 1.32. The second-order valence-corrected chi connectivity index (χ2v) is 11.9. The predicted octanol–water partition coefficient (Wildman–Crippen LogP) is 3.53. The summed E-state index contributed by atoms with van der Waals surface area (Å²) in [5, 5.41) is 17.1. The maximum Gasteiger partial charge on any atom is 0.221 e. The van der Waals surface area contributed by atoms with Crippen LogP contribution in [0.25, 0.3) is 0 Å². The van der Waals surface area contributed by atoms with Gasteiger partial charge in [-0.15, -0.1) is 10.2 Å². The van der Waals surface area contributed by atoms with Crippen molar-refractivity contribution in [1.29, 1.82) is 0 Å². The van der Waals surface area contributed by atoms with Crippen LogP contribution >= 0.6 is 0 Å². The first kappa shape index (κ1) is 24.9. The second-order valence-electron chi connectivity index (χ2n) is 9.85. The normalized spacial score (nSPS) is 26.7. The van der Waals surface area contributed by atoms with Gasteiger partial charge in [0.15, 0.2) is 0 Å². The van der Waals surface area contributed by atoms with Crippen molar-refractivity contribution in [2.24, 2.45) is 5.92 Å². The summed E-state index contributed by atoms with van der Waals surface area (Å²) in [5.74, 6) is -0.454. The maximum absolute atomic E-state index is 15.3. The number of sulfonamides is 1. The smallest absolute Gasteiger partial charge is 0.221 e. The van der Waals surface area contributed by atoms with E-state index in [2.05, 4.69) is 15.1 Å². The van der Waals surface area contributed by atoms with E-state index >= 15 is 4.39 Å². The van der Waals surface area contributed by atoms with Crippen molar-refractivity contribution < 1.29 is 17.9 Å². The van der Waals surface area contributed by atoms with Gasteiger partial charge in [-0.25, -0.2) is 12.8 Å². The third-order valence-electron chi connectivity index (χ3n) is 7.67. The number of anilines is 1. The summed E-state index contributed by atoms with van der Waals surface area (Å²) in [6.45, 7) is 3.18. The van der Waals surface area contributed by atoms with E-state index in [-0.39, 0.29) is 31.2 Å². The summed E-state index contributed by atoms with van der Waals surface area (Å²) in [6.07, 6.45) is 5.38. The number of aliphatic hydroxyl groups is 1. The Morgan fingerprint density at radius 2 is 1.81 bits per heavy atom. The molecule has 10 heteroatoms. The van der Waals surface area contributed by atoms with Crippen LogP contribution in [0.4, 0.5) is 10.1 Å². The van der Waals surface area contributed by atoms with Crippen molar-refractivity contribution in [1.82, 2.24) is 19.1 Å². The van der Waals surface area contributed by atoms with Crippen LogP contribution in [0.3, 0.4) is 0 Å². The van der Waals surface area contributed by atoms with Gasteiger partial charge >= 0.3 is 0 Å². The molecule has 2 aliphatic heterocycles. The fraction of sp³-hybridized carbons (Fsp3) is 0.462. The number of benzene rings is 2. The van der Waals surface area contributed by atoms with Gasteiger partial charge < -0.3 is 14.6 Å². The lowest BCUT2D eigenvalue weighted by Crippen LogP contribution is -2.45. The average Bonchev–Trinajstić information content (AvgIpc) is 3.42. The molecule has 0 bridgehead atoms. The molecule has 0 saturated carbocycles. The molecule has 2 aliphatic rings. The summed E-state index contributed by atoms with van der Waals surface area (Å²) >= 11 is 0. The topological polar surface area (TPSA) is 91.6 Å². The van der Waals surface area contributed by atoms with Crippen molar-refractivity contribution in [2.45, 2.75) is 50.1 Å². The zero-order chi connectivity index (χ0) is 25.3. The van der Waals surface area contributed by atoms with Gasteiger partial charge in [-0.2, -0.15) is 4.31 Å². The number of hydrogen-bond acceptors (Lipinski definition) is 6. The van der Waals surface area contributed by atoms with Crippen molar-refractivity contribution in [2.75, 3.05) is 24.6 Å². The number of hydrogen-bond donors (Lipinski definition) is 1. The average molecular weight is 514 g/mol. The summed E-state index contributed by atoms with van der Waals surface area (Å²) in [6, 6.07) is 14.2. The van der Waals surface area contributed by atoms with Crippen molar-refractivity contribution >= 4 is 15.7 Å². The van der Waals surface area contributed by atoms with E-state index in [0.29, 0.717) is 25.1 Å². The monoisotopic (exact) mass is 513 g/mol. The van der Waals surface area contributed by atoms with Gasteiger partial charge in [0.1, 0.15) is 23.7 Å². The molecule has 5 rings (SSSR count). The molecule has 36 heavy (non-hydrogen) atoms. The molecule has 192 valence electrons. The molecule has 0 spiro atoms. The summed E-state index contributed by atoms with van der Waals surface area (Å²) < 4.78 is 45.7. The van der Waals surface area contributed by atoms with E-state index in [4.69, 9.17) is 0 Å². The minimum absolute atomic E-state index is 0.00714. The fourth-order valence-electron chi connectivity index (χ4n) is 5.59. The Morgan fingerprint density at radius 3 is 2.50 bits per heavy atom. The molecule has 1 N–H and O–H groups in total. The molecule has 8 nitrogen and oxygen atoms in total. The van der Waals surface area contributed by atoms with E-state index in [0.717, 1.165) is 24.1 Å². The summed E-state index contributed by atoms with van der Waals surface area (Å²) in [4.78, 5) is 2.07. The van der Waals surface area contributed by atoms with Crippen LogP contribution in [0.5, 0.6) is 0 Å². The summed E-state index contributed by atoms with van der Waals surface area (Å²) in [7, 11) is -3.63. The lowest BCUT2D eigenvalue weighted by Gasteiger charge is -2.39. The van der Waals surface area contributed by atoms with E-state index in [1.165, 1.54) is 10.4 Å². The molecule has 2 fully saturated rings. The first-order chi connectivity index (χ1) is 17.4. The van der Waals surface area contributed by atoms with Gasteiger partial charge in [0.25, 0.3) is 0 Å². The zero-order valence-electron chi connectivity index (χ0n) is 20.3. The number of halogens is 1. The molecule has 1 aromatic heterocycles. The molecule has 0 aliphatic carbocycles. The summed E-state index contributed by atoms with van der Waals surface area (Å²) in [5.41, 5.74) is 1.87. The number of piperidine rings is 1. The van der Waals surface area contributed by atoms with Gasteiger partial charge in [-0.1, -0.05) is 36.4 Å². The maximum atomic E-state index is 15.3. The van der Waals surface area contributed by atoms with Crippen molar-refractivity contribution in [3.05, 3.63) is 78.1 Å². The molecule has 0 amide bonds. The van der Waals surface area contributed by atoms with Crippen LogP contribution in [0.1, 0.15) is 48.6 Å². The molecule has 0 radical (unpaired) electrons. The van der Waals surface area contributed by atoms with Crippen LogP contribution in [0, 0.1) is 11.7 Å². The van der Waals surface area contributed by atoms with Crippen LogP contribution < -0.4 is 4.90 Å². The highest BCUT2D eigenvalue weighted by Gasteiger charge is 2.40. The second kappa shape index (κ2) is 10.3. The lowest BCUT2D eigenvalue weighted by molar-refractivity contribution is 0.160. The third-order valence-corrected chi connectivity index (χ3v) is 10.0. The Kier molecular flexibility index (Phi) is 7.09. The number of aromatic nitrogens is 3. The predicted molar refractivity (Wildman–Crippen MR) is 135 cm³/mol. The fourth-order valence-corrected chi connectivity index (χ4v) is 7.78. The van der Waals surface area contributed by atoms with Gasteiger partial charge in [0.2, 0.25) is 10.0 Å². The van der Waals surface area contributed by atoms with Crippen LogP contribution in [0.2, 0.25) is 0 Å². The number of rotatable bonds is 6. The van der Waals surface area contributed by atoms with E-state index in [9.17, 15) is 13.5 Å². The Hall–Kier alpha value is -2.82. The third kappa shape index (κ3) is 4.77. The highest BCUT2D eigenvalue weighted by Crippen LogP contribution is 2.38. The van der Waals surface area contributed by atoms with Crippen molar-refractivity contribution in [3.8, 4) is 0 Å². The Morgan fingerprint density at radius 1 is 1.06 bits per heavy atom. The quantitative estimate of drug-likeness (QED) is 0.542. The molecular weight excluding hydrogens is 481 g/mol. The minimum atomic E-state index is -3.63. The Labute approximate surface area is 211 Å². The molecule has 2 unspecified atom stereocenters. The molecular formula is C26H32FN5O3S. The van der Waals surface area contributed by atoms with Crippen LogP contribution in [-0.4, -0.2) is 58.3 Å². The highest BCUT2D eigenvalue weighted by atomic mass is 32.2. The highest BCUT2D eigenvalue weighted by molar-refractivity contribution is 7.89.